The predicted octanol–water partition coefficient (Wildman–Crippen LogP) is -1.62. The molecular weight excluding hydrogens is 276 g/mol. The van der Waals surface area contributed by atoms with Gasteiger partial charge in [0, 0.05) is 13.2 Å². The molecule has 106 valence electrons. The average Bonchev–Trinajstić information content (AvgIpc) is 2.75. The lowest BCUT2D eigenvalue weighted by atomic mass is 10.3. The van der Waals surface area contributed by atoms with Crippen molar-refractivity contribution < 1.29 is 23.1 Å². The molecule has 10 heteroatoms. The van der Waals surface area contributed by atoms with Gasteiger partial charge in [0.1, 0.15) is 11.4 Å². The molecule has 0 fully saturated rings. The van der Waals surface area contributed by atoms with E-state index < -0.39 is 34.5 Å². The highest BCUT2D eigenvalue weighted by atomic mass is 32.2. The van der Waals surface area contributed by atoms with Gasteiger partial charge in [0.25, 0.3) is 0 Å². The van der Waals surface area contributed by atoms with E-state index in [1.54, 1.807) is 0 Å². The number of sulfonamides is 1. The number of aliphatic carboxylic acids is 1. The standard InChI is InChI=1S/C9H14N4O5S/c1-6(9(16)10-2)12-19(17,18)7-3-11-13(4-7)5-8(14)15/h3-4,6,12H,5H2,1-2H3,(H,10,16)(H,14,15). The number of hydrogen-bond donors (Lipinski definition) is 3. The molecule has 0 aromatic carbocycles. The van der Waals surface area contributed by atoms with E-state index in [-0.39, 0.29) is 4.90 Å². The van der Waals surface area contributed by atoms with Crippen molar-refractivity contribution in [3.8, 4) is 0 Å². The number of rotatable bonds is 6. The molecule has 0 aliphatic heterocycles. The first-order valence-corrected chi connectivity index (χ1v) is 6.72. The number of amides is 1. The van der Waals surface area contributed by atoms with Gasteiger partial charge < -0.3 is 10.4 Å². The minimum atomic E-state index is -3.92. The molecule has 0 aliphatic carbocycles. The summed E-state index contributed by atoms with van der Waals surface area (Å²) in [7, 11) is -2.53. The molecule has 0 saturated carbocycles. The third kappa shape index (κ3) is 4.03. The van der Waals surface area contributed by atoms with Gasteiger partial charge in [-0.3, -0.25) is 14.3 Å². The van der Waals surface area contributed by atoms with Crippen molar-refractivity contribution in [1.82, 2.24) is 19.8 Å². The van der Waals surface area contributed by atoms with Crippen molar-refractivity contribution in [2.24, 2.45) is 0 Å². The number of aromatic nitrogens is 2. The summed E-state index contributed by atoms with van der Waals surface area (Å²) < 4.78 is 26.9. The summed E-state index contributed by atoms with van der Waals surface area (Å²) in [4.78, 5) is 21.5. The van der Waals surface area contributed by atoms with Crippen molar-refractivity contribution in [2.75, 3.05) is 7.05 Å². The van der Waals surface area contributed by atoms with E-state index in [0.29, 0.717) is 0 Å². The molecule has 1 atom stereocenters. The van der Waals surface area contributed by atoms with Gasteiger partial charge in [0.05, 0.1) is 12.2 Å². The van der Waals surface area contributed by atoms with Crippen molar-refractivity contribution in [3.05, 3.63) is 12.4 Å². The average molecular weight is 290 g/mol. The van der Waals surface area contributed by atoms with Gasteiger partial charge in [0.15, 0.2) is 0 Å². The second-order valence-electron chi connectivity index (χ2n) is 3.72. The van der Waals surface area contributed by atoms with E-state index >= 15 is 0 Å². The molecule has 1 heterocycles. The highest BCUT2D eigenvalue weighted by Crippen LogP contribution is 2.07. The van der Waals surface area contributed by atoms with E-state index in [4.69, 9.17) is 5.11 Å². The van der Waals surface area contributed by atoms with Crippen LogP contribution in [0, 0.1) is 0 Å². The molecule has 1 unspecified atom stereocenters. The summed E-state index contributed by atoms with van der Waals surface area (Å²) in [5.41, 5.74) is 0. The number of carboxylic acid groups (broad SMARTS) is 1. The third-order valence-corrected chi connectivity index (χ3v) is 3.68. The molecule has 0 radical (unpaired) electrons. The Labute approximate surface area is 109 Å². The van der Waals surface area contributed by atoms with Crippen LogP contribution in [-0.2, 0) is 26.2 Å². The Kier molecular flexibility index (Phi) is 4.62. The van der Waals surface area contributed by atoms with Crippen LogP contribution in [0.4, 0.5) is 0 Å². The van der Waals surface area contributed by atoms with Gasteiger partial charge >= 0.3 is 5.97 Å². The Morgan fingerprint density at radius 1 is 1.53 bits per heavy atom. The molecule has 0 saturated heterocycles. The number of nitrogens with zero attached hydrogens (tertiary/aromatic N) is 2. The Morgan fingerprint density at radius 3 is 2.68 bits per heavy atom. The number of likely N-dealkylation sites (N-methyl/N-ethyl adjacent to an activating group) is 1. The number of carboxylic acids is 1. The second kappa shape index (κ2) is 5.80. The molecule has 3 N–H and O–H groups in total. The van der Waals surface area contributed by atoms with Crippen LogP contribution >= 0.6 is 0 Å². The Bertz CT molecular complexity index is 579. The zero-order chi connectivity index (χ0) is 14.6. The molecular formula is C9H14N4O5S. The van der Waals surface area contributed by atoms with Gasteiger partial charge in [-0.25, -0.2) is 8.42 Å². The molecule has 19 heavy (non-hydrogen) atoms. The number of hydrogen-bond acceptors (Lipinski definition) is 5. The van der Waals surface area contributed by atoms with Crippen LogP contribution < -0.4 is 10.0 Å². The largest absolute Gasteiger partial charge is 0.480 e. The fraction of sp³-hybridized carbons (Fsp3) is 0.444. The summed E-state index contributed by atoms with van der Waals surface area (Å²) in [6.45, 7) is 0.943. The highest BCUT2D eigenvalue weighted by Gasteiger charge is 2.22. The maximum Gasteiger partial charge on any atom is 0.325 e. The van der Waals surface area contributed by atoms with E-state index in [0.717, 1.165) is 17.1 Å². The van der Waals surface area contributed by atoms with Crippen LogP contribution in [0.1, 0.15) is 6.92 Å². The monoisotopic (exact) mass is 290 g/mol. The summed E-state index contributed by atoms with van der Waals surface area (Å²) in [6, 6.07) is -0.946. The molecule has 1 aromatic heterocycles. The SMILES string of the molecule is CNC(=O)C(C)NS(=O)(=O)c1cnn(CC(=O)O)c1. The quantitative estimate of drug-likeness (QED) is 0.577. The number of nitrogens with one attached hydrogen (secondary N) is 2. The molecule has 1 amide bonds. The maximum absolute atomic E-state index is 11.9. The second-order valence-corrected chi connectivity index (χ2v) is 5.44. The van der Waals surface area contributed by atoms with Crippen LogP contribution in [0.2, 0.25) is 0 Å². The van der Waals surface area contributed by atoms with Crippen molar-refractivity contribution >= 4 is 21.9 Å². The first-order chi connectivity index (χ1) is 8.76. The van der Waals surface area contributed by atoms with Crippen LogP contribution in [0.5, 0.6) is 0 Å². The lowest BCUT2D eigenvalue weighted by Gasteiger charge is -2.11. The molecule has 0 aliphatic rings. The molecule has 1 aromatic rings. The molecule has 9 nitrogen and oxygen atoms in total. The van der Waals surface area contributed by atoms with Crippen LogP contribution in [0.15, 0.2) is 17.3 Å². The van der Waals surface area contributed by atoms with Crippen molar-refractivity contribution in [3.63, 3.8) is 0 Å². The molecule has 1 rings (SSSR count). The summed E-state index contributed by atoms with van der Waals surface area (Å²) in [5.74, 6) is -1.62. The lowest BCUT2D eigenvalue weighted by molar-refractivity contribution is -0.137. The zero-order valence-corrected chi connectivity index (χ0v) is 11.1. The fourth-order valence-corrected chi connectivity index (χ4v) is 2.43. The van der Waals surface area contributed by atoms with Gasteiger partial charge in [-0.05, 0) is 6.92 Å². The normalized spacial score (nSPS) is 12.9. The van der Waals surface area contributed by atoms with Gasteiger partial charge in [0.2, 0.25) is 15.9 Å². The topological polar surface area (TPSA) is 130 Å². The fourth-order valence-electron chi connectivity index (χ4n) is 1.28. The maximum atomic E-state index is 11.9. The summed E-state index contributed by atoms with van der Waals surface area (Å²) in [6.07, 6.45) is 2.09. The number of carbonyl (C=O) groups is 2. The number of carbonyl (C=O) groups excluding carboxylic acids is 1. The molecule has 0 bridgehead atoms. The third-order valence-electron chi connectivity index (χ3n) is 2.19. The van der Waals surface area contributed by atoms with E-state index in [1.165, 1.54) is 14.0 Å². The van der Waals surface area contributed by atoms with Crippen LogP contribution in [0.3, 0.4) is 0 Å². The van der Waals surface area contributed by atoms with Crippen molar-refractivity contribution in [1.29, 1.82) is 0 Å². The zero-order valence-electron chi connectivity index (χ0n) is 10.3. The summed E-state index contributed by atoms with van der Waals surface area (Å²) >= 11 is 0. The van der Waals surface area contributed by atoms with E-state index in [9.17, 15) is 18.0 Å². The minimum Gasteiger partial charge on any atom is -0.480 e. The first-order valence-electron chi connectivity index (χ1n) is 5.24. The minimum absolute atomic E-state index is 0.204. The first kappa shape index (κ1) is 15.1. The van der Waals surface area contributed by atoms with Gasteiger partial charge in [-0.2, -0.15) is 9.82 Å². The lowest BCUT2D eigenvalue weighted by Crippen LogP contribution is -2.43. The van der Waals surface area contributed by atoms with Gasteiger partial charge in [-0.15, -0.1) is 0 Å². The highest BCUT2D eigenvalue weighted by molar-refractivity contribution is 7.89. The van der Waals surface area contributed by atoms with Crippen LogP contribution in [0.25, 0.3) is 0 Å². The Hall–Kier alpha value is -1.94. The Morgan fingerprint density at radius 2 is 2.16 bits per heavy atom. The van der Waals surface area contributed by atoms with Gasteiger partial charge in [-0.1, -0.05) is 0 Å². The Balaban J connectivity index is 2.86. The van der Waals surface area contributed by atoms with Crippen LogP contribution in [-0.4, -0.2) is 48.3 Å². The summed E-state index contributed by atoms with van der Waals surface area (Å²) in [5, 5.41) is 14.5. The smallest absolute Gasteiger partial charge is 0.325 e. The van der Waals surface area contributed by atoms with Crippen molar-refractivity contribution in [2.45, 2.75) is 24.4 Å². The van der Waals surface area contributed by atoms with E-state index in [2.05, 4.69) is 15.1 Å². The van der Waals surface area contributed by atoms with E-state index in [1.807, 2.05) is 0 Å². The molecule has 0 spiro atoms. The predicted molar refractivity (Wildman–Crippen MR) is 63.7 cm³/mol.